The van der Waals surface area contributed by atoms with Gasteiger partial charge in [-0.05, 0) is 43.9 Å². The highest BCUT2D eigenvalue weighted by atomic mass is 19.1. The van der Waals surface area contributed by atoms with Crippen molar-refractivity contribution < 1.29 is 14.0 Å². The van der Waals surface area contributed by atoms with Crippen LogP contribution in [0, 0.1) is 11.7 Å². The van der Waals surface area contributed by atoms with Crippen molar-refractivity contribution in [2.24, 2.45) is 11.7 Å². The summed E-state index contributed by atoms with van der Waals surface area (Å²) in [6.07, 6.45) is 4.28. The van der Waals surface area contributed by atoms with Crippen LogP contribution < -0.4 is 16.4 Å². The van der Waals surface area contributed by atoms with Gasteiger partial charge in [-0.15, -0.1) is 0 Å². The standard InChI is InChI=1S/C17H24FN3O2/c18-14-6-1-4-12(10-14)16(22)20-8-3-9-21-17(23)13-5-2-7-15(19)11-13/h1,4,6,10,13,15H,2-3,5,7-9,11,19H2,(H,20,22)(H,21,23). The van der Waals surface area contributed by atoms with E-state index in [1.807, 2.05) is 0 Å². The van der Waals surface area contributed by atoms with E-state index in [9.17, 15) is 14.0 Å². The first-order valence-corrected chi connectivity index (χ1v) is 8.13. The fourth-order valence-corrected chi connectivity index (χ4v) is 2.84. The largest absolute Gasteiger partial charge is 0.356 e. The summed E-state index contributed by atoms with van der Waals surface area (Å²) < 4.78 is 13.0. The van der Waals surface area contributed by atoms with E-state index < -0.39 is 5.82 Å². The maximum atomic E-state index is 13.0. The molecule has 126 valence electrons. The number of nitrogens with one attached hydrogen (secondary N) is 2. The summed E-state index contributed by atoms with van der Waals surface area (Å²) in [6.45, 7) is 0.938. The Morgan fingerprint density at radius 1 is 1.22 bits per heavy atom. The molecule has 2 atom stereocenters. The van der Waals surface area contributed by atoms with Crippen LogP contribution in [0.1, 0.15) is 42.5 Å². The topological polar surface area (TPSA) is 84.2 Å². The molecule has 0 saturated heterocycles. The van der Waals surface area contributed by atoms with E-state index in [1.165, 1.54) is 18.2 Å². The molecule has 1 saturated carbocycles. The van der Waals surface area contributed by atoms with E-state index in [-0.39, 0.29) is 23.8 Å². The van der Waals surface area contributed by atoms with Crippen LogP contribution in [0.4, 0.5) is 4.39 Å². The van der Waals surface area contributed by atoms with Crippen molar-refractivity contribution in [3.05, 3.63) is 35.6 Å². The Labute approximate surface area is 135 Å². The molecule has 1 aromatic carbocycles. The third-order valence-corrected chi connectivity index (χ3v) is 4.11. The summed E-state index contributed by atoms with van der Waals surface area (Å²) in [7, 11) is 0. The molecule has 1 aliphatic rings. The number of halogens is 1. The summed E-state index contributed by atoms with van der Waals surface area (Å²) in [4.78, 5) is 23.8. The third kappa shape index (κ3) is 5.63. The average molecular weight is 321 g/mol. The fourth-order valence-electron chi connectivity index (χ4n) is 2.84. The molecule has 23 heavy (non-hydrogen) atoms. The molecular formula is C17H24FN3O2. The maximum Gasteiger partial charge on any atom is 0.251 e. The first-order valence-electron chi connectivity index (χ1n) is 8.13. The Morgan fingerprint density at radius 3 is 2.74 bits per heavy atom. The fraction of sp³-hybridized carbons (Fsp3) is 0.529. The molecule has 0 aromatic heterocycles. The van der Waals surface area contributed by atoms with E-state index in [2.05, 4.69) is 10.6 Å². The van der Waals surface area contributed by atoms with Crippen LogP contribution in [0.3, 0.4) is 0 Å². The first-order chi connectivity index (χ1) is 11.1. The van der Waals surface area contributed by atoms with Gasteiger partial charge in [-0.1, -0.05) is 12.5 Å². The Kier molecular flexibility index (Phi) is 6.52. The zero-order valence-corrected chi connectivity index (χ0v) is 13.2. The molecule has 0 spiro atoms. The van der Waals surface area contributed by atoms with Crippen LogP contribution in [0.15, 0.2) is 24.3 Å². The lowest BCUT2D eigenvalue weighted by Crippen LogP contribution is -2.38. The average Bonchev–Trinajstić information content (AvgIpc) is 2.54. The predicted octanol–water partition coefficient (Wildman–Crippen LogP) is 1.58. The minimum atomic E-state index is -0.435. The molecule has 4 N–H and O–H groups in total. The maximum absolute atomic E-state index is 13.0. The van der Waals surface area contributed by atoms with Gasteiger partial charge in [0.15, 0.2) is 0 Å². The number of rotatable bonds is 6. The van der Waals surface area contributed by atoms with Crippen molar-refractivity contribution in [1.29, 1.82) is 0 Å². The lowest BCUT2D eigenvalue weighted by molar-refractivity contribution is -0.126. The van der Waals surface area contributed by atoms with E-state index >= 15 is 0 Å². The molecule has 0 bridgehead atoms. The Bertz CT molecular complexity index is 550. The Hall–Kier alpha value is -1.95. The van der Waals surface area contributed by atoms with Gasteiger partial charge < -0.3 is 16.4 Å². The molecule has 2 rings (SSSR count). The second-order valence-corrected chi connectivity index (χ2v) is 6.03. The molecule has 1 fully saturated rings. The van der Waals surface area contributed by atoms with Crippen molar-refractivity contribution in [1.82, 2.24) is 10.6 Å². The number of carbonyl (C=O) groups is 2. The quantitative estimate of drug-likeness (QED) is 0.696. The van der Waals surface area contributed by atoms with Crippen LogP contribution in [0.2, 0.25) is 0 Å². The Morgan fingerprint density at radius 2 is 2.00 bits per heavy atom. The van der Waals surface area contributed by atoms with Gasteiger partial charge in [0.05, 0.1) is 0 Å². The normalized spacial score (nSPS) is 20.8. The molecule has 1 aliphatic carbocycles. The number of amides is 2. The zero-order valence-electron chi connectivity index (χ0n) is 13.2. The predicted molar refractivity (Wildman–Crippen MR) is 86.3 cm³/mol. The third-order valence-electron chi connectivity index (χ3n) is 4.11. The minimum absolute atomic E-state index is 0.0145. The summed E-state index contributed by atoms with van der Waals surface area (Å²) in [5.74, 6) is -0.679. The highest BCUT2D eigenvalue weighted by Gasteiger charge is 2.24. The highest BCUT2D eigenvalue weighted by Crippen LogP contribution is 2.22. The van der Waals surface area contributed by atoms with Crippen LogP contribution in [0.25, 0.3) is 0 Å². The molecule has 0 radical (unpaired) electrons. The SMILES string of the molecule is NC1CCCC(C(=O)NCCCNC(=O)c2cccc(F)c2)C1. The molecule has 6 heteroatoms. The highest BCUT2D eigenvalue weighted by molar-refractivity contribution is 5.94. The lowest BCUT2D eigenvalue weighted by Gasteiger charge is -2.25. The Balaban J connectivity index is 1.62. The smallest absolute Gasteiger partial charge is 0.251 e. The van der Waals surface area contributed by atoms with Gasteiger partial charge in [-0.25, -0.2) is 4.39 Å². The van der Waals surface area contributed by atoms with Crippen LogP contribution in [-0.2, 0) is 4.79 Å². The number of benzene rings is 1. The van der Waals surface area contributed by atoms with E-state index in [0.717, 1.165) is 25.7 Å². The summed E-state index contributed by atoms with van der Waals surface area (Å²) in [5, 5.41) is 5.60. The van der Waals surface area contributed by atoms with Crippen molar-refractivity contribution in [3.63, 3.8) is 0 Å². The summed E-state index contributed by atoms with van der Waals surface area (Å²) in [5.41, 5.74) is 6.18. The van der Waals surface area contributed by atoms with Gasteiger partial charge in [-0.2, -0.15) is 0 Å². The molecule has 2 amide bonds. The van der Waals surface area contributed by atoms with E-state index in [1.54, 1.807) is 6.07 Å². The monoisotopic (exact) mass is 321 g/mol. The van der Waals surface area contributed by atoms with Gasteiger partial charge in [0.25, 0.3) is 5.91 Å². The molecule has 1 aromatic rings. The van der Waals surface area contributed by atoms with Crippen LogP contribution in [0.5, 0.6) is 0 Å². The van der Waals surface area contributed by atoms with Gasteiger partial charge in [0.2, 0.25) is 5.91 Å². The molecule has 2 unspecified atom stereocenters. The molecule has 0 aliphatic heterocycles. The second kappa shape index (κ2) is 8.62. The van der Waals surface area contributed by atoms with Gasteiger partial charge >= 0.3 is 0 Å². The van der Waals surface area contributed by atoms with E-state index in [4.69, 9.17) is 5.73 Å². The first kappa shape index (κ1) is 17.4. The molecule has 0 heterocycles. The van der Waals surface area contributed by atoms with Crippen molar-refractivity contribution in [2.45, 2.75) is 38.1 Å². The van der Waals surface area contributed by atoms with Crippen molar-refractivity contribution in [2.75, 3.05) is 13.1 Å². The zero-order chi connectivity index (χ0) is 16.7. The van der Waals surface area contributed by atoms with Gasteiger partial charge in [0, 0.05) is 30.6 Å². The lowest BCUT2D eigenvalue weighted by atomic mass is 9.85. The minimum Gasteiger partial charge on any atom is -0.356 e. The molecular weight excluding hydrogens is 297 g/mol. The van der Waals surface area contributed by atoms with Gasteiger partial charge in [-0.3, -0.25) is 9.59 Å². The van der Waals surface area contributed by atoms with E-state index in [0.29, 0.717) is 25.1 Å². The number of carbonyl (C=O) groups excluding carboxylic acids is 2. The second-order valence-electron chi connectivity index (χ2n) is 6.03. The summed E-state index contributed by atoms with van der Waals surface area (Å²) in [6, 6.07) is 5.68. The van der Waals surface area contributed by atoms with Gasteiger partial charge in [0.1, 0.15) is 5.82 Å². The summed E-state index contributed by atoms with van der Waals surface area (Å²) >= 11 is 0. The number of hydrogen-bond donors (Lipinski definition) is 3. The number of hydrogen-bond acceptors (Lipinski definition) is 3. The van der Waals surface area contributed by atoms with Crippen molar-refractivity contribution in [3.8, 4) is 0 Å². The van der Waals surface area contributed by atoms with Crippen LogP contribution >= 0.6 is 0 Å². The van der Waals surface area contributed by atoms with Crippen molar-refractivity contribution >= 4 is 11.8 Å². The van der Waals surface area contributed by atoms with Crippen LogP contribution in [-0.4, -0.2) is 30.9 Å². The molecule has 5 nitrogen and oxygen atoms in total. The number of nitrogens with two attached hydrogens (primary N) is 1.